The van der Waals surface area contributed by atoms with Gasteiger partial charge in [0.25, 0.3) is 0 Å². The first-order valence-corrected chi connectivity index (χ1v) is 3.88. The standard InChI is InChI=1S/C7H12N2OS/c1-2-3-6(8)4-7(10)9-5-11/h4-5H,2-3,8H2,1H3,(H,9,10,11)/b6-4-. The first kappa shape index (κ1) is 10.1. The van der Waals surface area contributed by atoms with Gasteiger partial charge in [0.2, 0.25) is 5.91 Å². The number of allylic oxidation sites excluding steroid dienone is 1. The summed E-state index contributed by atoms with van der Waals surface area (Å²) in [7, 11) is 0. The van der Waals surface area contributed by atoms with E-state index in [2.05, 4.69) is 17.5 Å². The Morgan fingerprint density at radius 2 is 2.36 bits per heavy atom. The topological polar surface area (TPSA) is 55.1 Å². The molecule has 0 fully saturated rings. The number of nitrogens with two attached hydrogens (primary N) is 1. The van der Waals surface area contributed by atoms with Crippen molar-refractivity contribution in [3.8, 4) is 0 Å². The number of hydrogen-bond acceptors (Lipinski definition) is 3. The van der Waals surface area contributed by atoms with Crippen molar-refractivity contribution >= 4 is 23.6 Å². The Kier molecular flexibility index (Phi) is 5.37. The van der Waals surface area contributed by atoms with Gasteiger partial charge < -0.3 is 11.1 Å². The quantitative estimate of drug-likeness (QED) is 0.485. The Morgan fingerprint density at radius 3 is 2.82 bits per heavy atom. The summed E-state index contributed by atoms with van der Waals surface area (Å²) in [5, 5.41) is 2.33. The van der Waals surface area contributed by atoms with Crippen molar-refractivity contribution in [2.75, 3.05) is 0 Å². The Morgan fingerprint density at radius 1 is 1.73 bits per heavy atom. The monoisotopic (exact) mass is 172 g/mol. The Labute approximate surface area is 71.6 Å². The molecule has 1 amide bonds. The van der Waals surface area contributed by atoms with Crippen LogP contribution in [-0.2, 0) is 4.79 Å². The van der Waals surface area contributed by atoms with Gasteiger partial charge in [-0.25, -0.2) is 0 Å². The molecule has 0 bridgehead atoms. The summed E-state index contributed by atoms with van der Waals surface area (Å²) >= 11 is 4.42. The maximum atomic E-state index is 10.8. The Bertz CT molecular complexity index is 177. The number of amides is 1. The molecule has 0 spiro atoms. The molecule has 0 atom stereocenters. The molecule has 0 radical (unpaired) electrons. The third-order valence-electron chi connectivity index (χ3n) is 1.06. The van der Waals surface area contributed by atoms with Gasteiger partial charge in [0, 0.05) is 11.8 Å². The molecule has 0 saturated heterocycles. The van der Waals surface area contributed by atoms with Gasteiger partial charge >= 0.3 is 0 Å². The van der Waals surface area contributed by atoms with E-state index in [1.54, 1.807) is 0 Å². The second-order valence-corrected chi connectivity index (χ2v) is 2.33. The van der Waals surface area contributed by atoms with Gasteiger partial charge in [0.05, 0.1) is 5.49 Å². The van der Waals surface area contributed by atoms with E-state index < -0.39 is 0 Å². The molecular formula is C7H12N2OS. The van der Waals surface area contributed by atoms with E-state index in [0.29, 0.717) is 5.70 Å². The SMILES string of the molecule is CCC/C(N)=C/C(=O)NC=S. The summed E-state index contributed by atoms with van der Waals surface area (Å²) in [4.78, 5) is 10.8. The predicted octanol–water partition coefficient (Wildman–Crippen LogP) is 0.703. The zero-order chi connectivity index (χ0) is 8.69. The van der Waals surface area contributed by atoms with Crippen LogP contribution >= 0.6 is 12.2 Å². The molecule has 0 aromatic rings. The van der Waals surface area contributed by atoms with Crippen molar-refractivity contribution in [3.05, 3.63) is 11.8 Å². The lowest BCUT2D eigenvalue weighted by atomic mass is 10.2. The minimum atomic E-state index is -0.258. The molecule has 0 aromatic heterocycles. The van der Waals surface area contributed by atoms with Crippen LogP contribution in [0.2, 0.25) is 0 Å². The number of hydrogen-bond donors (Lipinski definition) is 2. The first-order chi connectivity index (χ1) is 5.20. The van der Waals surface area contributed by atoms with E-state index in [4.69, 9.17) is 5.73 Å². The van der Waals surface area contributed by atoms with Gasteiger partial charge in [-0.2, -0.15) is 0 Å². The van der Waals surface area contributed by atoms with E-state index in [-0.39, 0.29) is 5.91 Å². The van der Waals surface area contributed by atoms with Crippen LogP contribution in [0.25, 0.3) is 0 Å². The molecule has 0 rings (SSSR count). The third-order valence-corrected chi connectivity index (χ3v) is 1.17. The molecule has 0 aliphatic heterocycles. The Balaban J connectivity index is 3.85. The van der Waals surface area contributed by atoms with Gasteiger partial charge in [0.15, 0.2) is 0 Å². The van der Waals surface area contributed by atoms with Crippen LogP contribution in [0.3, 0.4) is 0 Å². The van der Waals surface area contributed by atoms with E-state index in [1.165, 1.54) is 6.08 Å². The highest BCUT2D eigenvalue weighted by Crippen LogP contribution is 1.95. The molecular weight excluding hydrogens is 160 g/mol. The van der Waals surface area contributed by atoms with Crippen LogP contribution < -0.4 is 11.1 Å². The summed E-state index contributed by atoms with van der Waals surface area (Å²) in [6.45, 7) is 2.00. The minimum Gasteiger partial charge on any atom is -0.402 e. The van der Waals surface area contributed by atoms with Crippen molar-refractivity contribution in [3.63, 3.8) is 0 Å². The fraction of sp³-hybridized carbons (Fsp3) is 0.429. The summed E-state index contributed by atoms with van der Waals surface area (Å²) in [5.41, 5.74) is 7.22. The van der Waals surface area contributed by atoms with Crippen LogP contribution in [0.5, 0.6) is 0 Å². The summed E-state index contributed by atoms with van der Waals surface area (Å²) in [6, 6.07) is 0. The largest absolute Gasteiger partial charge is 0.402 e. The van der Waals surface area contributed by atoms with Gasteiger partial charge in [-0.3, -0.25) is 4.79 Å². The smallest absolute Gasteiger partial charge is 0.250 e. The van der Waals surface area contributed by atoms with E-state index >= 15 is 0 Å². The number of thiocarbonyl (C=S) groups is 1. The molecule has 4 heteroatoms. The van der Waals surface area contributed by atoms with Crippen molar-refractivity contribution in [1.29, 1.82) is 0 Å². The average molecular weight is 172 g/mol. The lowest BCUT2D eigenvalue weighted by molar-refractivity contribution is -0.115. The van der Waals surface area contributed by atoms with Crippen LogP contribution in [0.4, 0.5) is 0 Å². The normalized spacial score (nSPS) is 10.8. The van der Waals surface area contributed by atoms with E-state index in [9.17, 15) is 4.79 Å². The number of rotatable bonds is 4. The molecule has 0 heterocycles. The van der Waals surface area contributed by atoms with Crippen LogP contribution in [0, 0.1) is 0 Å². The predicted molar refractivity (Wildman–Crippen MR) is 49.0 cm³/mol. The highest BCUT2D eigenvalue weighted by molar-refractivity contribution is 7.78. The molecule has 0 aromatic carbocycles. The molecule has 3 N–H and O–H groups in total. The van der Waals surface area contributed by atoms with Gasteiger partial charge in [-0.15, -0.1) is 0 Å². The van der Waals surface area contributed by atoms with Crippen molar-refractivity contribution in [2.24, 2.45) is 5.73 Å². The minimum absolute atomic E-state index is 0.258. The lowest BCUT2D eigenvalue weighted by Gasteiger charge is -1.96. The fourth-order valence-corrected chi connectivity index (χ4v) is 0.745. The molecule has 0 aliphatic carbocycles. The summed E-state index contributed by atoms with van der Waals surface area (Å²) in [5.74, 6) is -0.258. The highest BCUT2D eigenvalue weighted by Gasteiger charge is 1.94. The molecule has 0 unspecified atom stereocenters. The van der Waals surface area contributed by atoms with Crippen molar-refractivity contribution in [2.45, 2.75) is 19.8 Å². The second kappa shape index (κ2) is 5.85. The van der Waals surface area contributed by atoms with Crippen LogP contribution in [0.1, 0.15) is 19.8 Å². The van der Waals surface area contributed by atoms with Crippen molar-refractivity contribution < 1.29 is 4.79 Å². The molecule has 0 aliphatic rings. The number of nitrogens with one attached hydrogen (secondary N) is 1. The lowest BCUT2D eigenvalue weighted by Crippen LogP contribution is -2.19. The second-order valence-electron chi connectivity index (χ2n) is 2.10. The van der Waals surface area contributed by atoms with Gasteiger partial charge in [0.1, 0.15) is 0 Å². The zero-order valence-electron chi connectivity index (χ0n) is 6.46. The highest BCUT2D eigenvalue weighted by atomic mass is 32.1. The summed E-state index contributed by atoms with van der Waals surface area (Å²) < 4.78 is 0. The maximum Gasteiger partial charge on any atom is 0.250 e. The molecule has 0 saturated carbocycles. The maximum absolute atomic E-state index is 10.8. The van der Waals surface area contributed by atoms with Crippen LogP contribution in [0.15, 0.2) is 11.8 Å². The fourth-order valence-electron chi connectivity index (χ4n) is 0.629. The summed E-state index contributed by atoms with van der Waals surface area (Å²) in [6.07, 6.45) is 3.03. The molecule has 62 valence electrons. The van der Waals surface area contributed by atoms with Gasteiger partial charge in [-0.1, -0.05) is 25.6 Å². The number of carbonyl (C=O) groups is 1. The Hall–Kier alpha value is -0.900. The van der Waals surface area contributed by atoms with Gasteiger partial charge in [-0.05, 0) is 6.42 Å². The zero-order valence-corrected chi connectivity index (χ0v) is 7.28. The van der Waals surface area contributed by atoms with E-state index in [0.717, 1.165) is 18.3 Å². The first-order valence-electron chi connectivity index (χ1n) is 3.41. The average Bonchev–Trinajstić information content (AvgIpc) is 1.87. The third kappa shape index (κ3) is 5.54. The van der Waals surface area contributed by atoms with Crippen molar-refractivity contribution in [1.82, 2.24) is 5.32 Å². The molecule has 11 heavy (non-hydrogen) atoms. The molecule has 3 nitrogen and oxygen atoms in total. The van der Waals surface area contributed by atoms with Crippen LogP contribution in [-0.4, -0.2) is 11.4 Å². The van der Waals surface area contributed by atoms with E-state index in [1.807, 2.05) is 6.92 Å². The number of carbonyl (C=O) groups excluding carboxylic acids is 1.